The molecule has 0 bridgehead atoms. The monoisotopic (exact) mass is 412 g/mol. The molecule has 4 rings (SSSR count). The van der Waals surface area contributed by atoms with Crippen LogP contribution in [0.15, 0.2) is 53.7 Å². The first kappa shape index (κ1) is 19.6. The summed E-state index contributed by atoms with van der Waals surface area (Å²) >= 11 is 0. The van der Waals surface area contributed by atoms with Crippen molar-refractivity contribution in [3.63, 3.8) is 0 Å². The van der Waals surface area contributed by atoms with E-state index in [0.717, 1.165) is 6.07 Å². The van der Waals surface area contributed by atoms with Gasteiger partial charge in [-0.05, 0) is 35.2 Å². The SMILES string of the molecule is N#CC(F)(CNCc1ccc2c(ccc(=O)n2-c2ncnc3[nH]ccc23)c1)C(F)F. The van der Waals surface area contributed by atoms with Gasteiger partial charge in [0.25, 0.3) is 17.7 Å². The molecule has 7 nitrogen and oxygen atoms in total. The average Bonchev–Trinajstić information content (AvgIpc) is 3.23. The van der Waals surface area contributed by atoms with E-state index in [1.807, 2.05) is 0 Å². The van der Waals surface area contributed by atoms with Crippen LogP contribution < -0.4 is 10.9 Å². The zero-order valence-corrected chi connectivity index (χ0v) is 15.4. The summed E-state index contributed by atoms with van der Waals surface area (Å²) in [5.74, 6) is 0.427. The minimum Gasteiger partial charge on any atom is -0.346 e. The fraction of sp³-hybridized carbons (Fsp3) is 0.200. The molecule has 0 saturated heterocycles. The van der Waals surface area contributed by atoms with Gasteiger partial charge >= 0.3 is 0 Å². The minimum atomic E-state index is -3.40. The van der Waals surface area contributed by atoms with E-state index in [2.05, 4.69) is 20.3 Å². The molecule has 0 aliphatic heterocycles. The fourth-order valence-corrected chi connectivity index (χ4v) is 3.21. The predicted molar refractivity (Wildman–Crippen MR) is 104 cm³/mol. The molecule has 0 fully saturated rings. The summed E-state index contributed by atoms with van der Waals surface area (Å²) in [5.41, 5.74) is -1.65. The smallest absolute Gasteiger partial charge is 0.286 e. The highest BCUT2D eigenvalue weighted by atomic mass is 19.3. The molecule has 1 aromatic carbocycles. The number of rotatable bonds is 6. The van der Waals surface area contributed by atoms with Gasteiger partial charge in [0.2, 0.25) is 0 Å². The van der Waals surface area contributed by atoms with Crippen molar-refractivity contribution in [2.24, 2.45) is 0 Å². The summed E-state index contributed by atoms with van der Waals surface area (Å²) in [7, 11) is 0. The van der Waals surface area contributed by atoms with Crippen LogP contribution in [0.2, 0.25) is 0 Å². The molecule has 152 valence electrons. The molecule has 0 amide bonds. The van der Waals surface area contributed by atoms with Gasteiger partial charge in [-0.1, -0.05) is 6.07 Å². The Morgan fingerprint density at radius 3 is 2.83 bits per heavy atom. The molecule has 2 N–H and O–H groups in total. The van der Waals surface area contributed by atoms with E-state index < -0.39 is 18.6 Å². The normalized spacial score (nSPS) is 13.6. The third kappa shape index (κ3) is 3.40. The highest BCUT2D eigenvalue weighted by Crippen LogP contribution is 2.22. The van der Waals surface area contributed by atoms with Crippen LogP contribution >= 0.6 is 0 Å². The Balaban J connectivity index is 1.68. The Kier molecular flexibility index (Phi) is 4.97. The molecule has 0 radical (unpaired) electrons. The van der Waals surface area contributed by atoms with Crippen LogP contribution in [0.4, 0.5) is 13.2 Å². The lowest BCUT2D eigenvalue weighted by molar-refractivity contribution is 0.00409. The molecule has 30 heavy (non-hydrogen) atoms. The Morgan fingerprint density at radius 1 is 1.23 bits per heavy atom. The van der Waals surface area contributed by atoms with Gasteiger partial charge in [0, 0.05) is 25.4 Å². The lowest BCUT2D eigenvalue weighted by Crippen LogP contribution is -2.41. The summed E-state index contributed by atoms with van der Waals surface area (Å²) in [6.45, 7) is -0.726. The van der Waals surface area contributed by atoms with Gasteiger partial charge in [-0.3, -0.25) is 9.36 Å². The summed E-state index contributed by atoms with van der Waals surface area (Å²) in [4.78, 5) is 24.0. The molecule has 0 saturated carbocycles. The van der Waals surface area contributed by atoms with Crippen molar-refractivity contribution in [1.29, 1.82) is 5.26 Å². The summed E-state index contributed by atoms with van der Waals surface area (Å²) in [5, 5.41) is 12.6. The molecule has 4 aromatic rings. The fourth-order valence-electron chi connectivity index (χ4n) is 3.21. The van der Waals surface area contributed by atoms with Gasteiger partial charge in [-0.2, -0.15) is 5.26 Å². The van der Waals surface area contributed by atoms with E-state index >= 15 is 0 Å². The van der Waals surface area contributed by atoms with E-state index in [9.17, 15) is 18.0 Å². The molecule has 1 atom stereocenters. The molecule has 1 unspecified atom stereocenters. The summed E-state index contributed by atoms with van der Waals surface area (Å²) in [6, 6.07) is 11.0. The van der Waals surface area contributed by atoms with E-state index in [-0.39, 0.29) is 12.1 Å². The van der Waals surface area contributed by atoms with Crippen LogP contribution in [0.25, 0.3) is 27.8 Å². The molecule has 10 heteroatoms. The number of hydrogen-bond donors (Lipinski definition) is 2. The van der Waals surface area contributed by atoms with Crippen LogP contribution in [0.1, 0.15) is 5.56 Å². The quantitative estimate of drug-likeness (QED) is 0.507. The number of fused-ring (bicyclic) bond motifs is 2. The Labute approximate surface area is 167 Å². The van der Waals surface area contributed by atoms with Crippen LogP contribution in [0, 0.1) is 11.3 Å². The molecular weight excluding hydrogens is 397 g/mol. The number of nitriles is 1. The minimum absolute atomic E-state index is 0.0741. The van der Waals surface area contributed by atoms with Gasteiger partial charge in [-0.25, -0.2) is 23.1 Å². The molecule has 0 aliphatic rings. The zero-order valence-electron chi connectivity index (χ0n) is 15.4. The van der Waals surface area contributed by atoms with Crippen LogP contribution in [-0.2, 0) is 6.54 Å². The Bertz CT molecular complexity index is 1330. The first-order valence-electron chi connectivity index (χ1n) is 8.95. The topological polar surface area (TPSA) is 99.4 Å². The number of pyridine rings is 1. The largest absolute Gasteiger partial charge is 0.346 e. The first-order chi connectivity index (χ1) is 14.4. The maximum atomic E-state index is 13.8. The second-order valence-electron chi connectivity index (χ2n) is 6.72. The first-order valence-corrected chi connectivity index (χ1v) is 8.95. The standard InChI is InChI=1S/C20H15F3N6O/c21-19(22)20(23,9-24)10-25-8-12-1-3-15-13(7-12)2-4-16(30)29(15)18-14-5-6-26-17(14)27-11-28-18/h1-7,11,19,25H,8,10H2,(H,26,27,28). The Morgan fingerprint density at radius 2 is 2.07 bits per heavy atom. The maximum absolute atomic E-state index is 13.8. The number of aromatic nitrogens is 4. The van der Waals surface area contributed by atoms with E-state index in [1.165, 1.54) is 17.0 Å². The Hall–Kier alpha value is -3.71. The van der Waals surface area contributed by atoms with Crippen molar-refractivity contribution in [1.82, 2.24) is 24.8 Å². The number of halogens is 3. The van der Waals surface area contributed by atoms with Crippen molar-refractivity contribution in [2.45, 2.75) is 18.6 Å². The van der Waals surface area contributed by atoms with Crippen molar-refractivity contribution < 1.29 is 13.2 Å². The van der Waals surface area contributed by atoms with Crippen molar-refractivity contribution in [3.05, 3.63) is 64.8 Å². The zero-order chi connectivity index (χ0) is 21.3. The molecule has 0 spiro atoms. The molecule has 3 heterocycles. The van der Waals surface area contributed by atoms with E-state index in [0.29, 0.717) is 33.3 Å². The number of H-pyrrole nitrogens is 1. The van der Waals surface area contributed by atoms with Gasteiger partial charge in [0.05, 0.1) is 10.9 Å². The van der Waals surface area contributed by atoms with Gasteiger partial charge in [0.1, 0.15) is 18.0 Å². The highest BCUT2D eigenvalue weighted by Gasteiger charge is 2.40. The highest BCUT2D eigenvalue weighted by molar-refractivity contribution is 5.87. The van der Waals surface area contributed by atoms with Crippen LogP contribution in [0.3, 0.4) is 0 Å². The van der Waals surface area contributed by atoms with Gasteiger partial charge in [0.15, 0.2) is 5.82 Å². The number of nitrogens with one attached hydrogen (secondary N) is 2. The summed E-state index contributed by atoms with van der Waals surface area (Å²) < 4.78 is 40.6. The van der Waals surface area contributed by atoms with E-state index in [1.54, 1.807) is 36.5 Å². The van der Waals surface area contributed by atoms with Gasteiger partial charge in [-0.15, -0.1) is 0 Å². The third-order valence-electron chi connectivity index (χ3n) is 4.75. The second-order valence-corrected chi connectivity index (χ2v) is 6.72. The average molecular weight is 412 g/mol. The molecule has 0 aliphatic carbocycles. The van der Waals surface area contributed by atoms with Crippen LogP contribution in [0.5, 0.6) is 0 Å². The van der Waals surface area contributed by atoms with Crippen molar-refractivity contribution >= 4 is 21.9 Å². The molecule has 3 aromatic heterocycles. The predicted octanol–water partition coefficient (Wildman–Crippen LogP) is 2.85. The van der Waals surface area contributed by atoms with Crippen molar-refractivity contribution in [3.8, 4) is 11.9 Å². The lowest BCUT2D eigenvalue weighted by Gasteiger charge is -2.17. The van der Waals surface area contributed by atoms with Gasteiger partial charge < -0.3 is 10.3 Å². The molecular formula is C20H15F3N6O. The van der Waals surface area contributed by atoms with Crippen molar-refractivity contribution in [2.75, 3.05) is 6.54 Å². The third-order valence-corrected chi connectivity index (χ3v) is 4.75. The number of nitrogens with zero attached hydrogens (tertiary/aromatic N) is 4. The van der Waals surface area contributed by atoms with E-state index in [4.69, 9.17) is 5.26 Å². The van der Waals surface area contributed by atoms with Crippen LogP contribution in [-0.4, -0.2) is 38.2 Å². The number of alkyl halides is 3. The maximum Gasteiger partial charge on any atom is 0.286 e. The lowest BCUT2D eigenvalue weighted by atomic mass is 10.1. The number of aromatic amines is 1. The number of benzene rings is 1. The second kappa shape index (κ2) is 7.61. The summed E-state index contributed by atoms with van der Waals surface area (Å²) in [6.07, 6.45) is -0.341. The number of hydrogen-bond acceptors (Lipinski definition) is 5.